The van der Waals surface area contributed by atoms with Crippen LogP contribution in [-0.4, -0.2) is 54.3 Å². The Hall–Kier alpha value is -2.32. The van der Waals surface area contributed by atoms with Crippen molar-refractivity contribution in [3.8, 4) is 0 Å². The molecular weight excluding hydrogens is 272 g/mol. The minimum absolute atomic E-state index is 0.457. The molecule has 0 bridgehead atoms. The number of hydrogen-bond acceptors (Lipinski definition) is 6. The van der Waals surface area contributed by atoms with E-state index in [0.717, 1.165) is 0 Å². The van der Waals surface area contributed by atoms with E-state index in [1.807, 2.05) is 5.32 Å². The van der Waals surface area contributed by atoms with Crippen molar-refractivity contribution in [1.82, 2.24) is 10.6 Å². The summed E-state index contributed by atoms with van der Waals surface area (Å²) in [6.45, 7) is 3.35. The van der Waals surface area contributed by atoms with Crippen LogP contribution in [0.2, 0.25) is 0 Å². The number of aliphatic carboxylic acids is 1. The van der Waals surface area contributed by atoms with Crippen LogP contribution in [0.1, 0.15) is 20.8 Å². The molecule has 0 aromatic rings. The standard InChI is InChI=1S/C11H18N2O7/c1-11(2,3)20-10(18)13-5-9(17)19-6-7(14)12-4-8(15)16/h4-6H2,1-3H3,(H,12,14)(H,13,18)(H,15,16). The van der Waals surface area contributed by atoms with Gasteiger partial charge in [-0.05, 0) is 20.8 Å². The molecule has 9 nitrogen and oxygen atoms in total. The number of rotatable bonds is 6. The summed E-state index contributed by atoms with van der Waals surface area (Å²) in [5.41, 5.74) is -0.690. The minimum atomic E-state index is -1.21. The van der Waals surface area contributed by atoms with Crippen LogP contribution in [0.4, 0.5) is 4.79 Å². The number of nitrogens with one attached hydrogen (secondary N) is 2. The Morgan fingerprint density at radius 3 is 2.15 bits per heavy atom. The van der Waals surface area contributed by atoms with E-state index in [9.17, 15) is 19.2 Å². The lowest BCUT2D eigenvalue weighted by Gasteiger charge is -2.19. The van der Waals surface area contributed by atoms with Crippen LogP contribution in [0.15, 0.2) is 0 Å². The van der Waals surface area contributed by atoms with Crippen LogP contribution < -0.4 is 10.6 Å². The smallest absolute Gasteiger partial charge is 0.408 e. The van der Waals surface area contributed by atoms with E-state index in [0.29, 0.717) is 0 Å². The van der Waals surface area contributed by atoms with Crippen molar-refractivity contribution in [3.63, 3.8) is 0 Å². The average molecular weight is 290 g/mol. The zero-order chi connectivity index (χ0) is 15.8. The topological polar surface area (TPSA) is 131 Å². The number of carboxylic acids is 1. The Morgan fingerprint density at radius 2 is 1.65 bits per heavy atom. The predicted octanol–water partition coefficient (Wildman–Crippen LogP) is -0.745. The largest absolute Gasteiger partial charge is 0.480 e. The van der Waals surface area contributed by atoms with Gasteiger partial charge in [-0.2, -0.15) is 0 Å². The molecule has 9 heteroatoms. The SMILES string of the molecule is CC(C)(C)OC(=O)NCC(=O)OCC(=O)NCC(=O)O. The van der Waals surface area contributed by atoms with Gasteiger partial charge in [0.2, 0.25) is 0 Å². The van der Waals surface area contributed by atoms with Crippen LogP contribution in [-0.2, 0) is 23.9 Å². The van der Waals surface area contributed by atoms with Crippen molar-refractivity contribution in [2.75, 3.05) is 19.7 Å². The monoisotopic (exact) mass is 290 g/mol. The molecular formula is C11H18N2O7. The molecule has 0 aromatic carbocycles. The lowest BCUT2D eigenvalue weighted by molar-refractivity contribution is -0.148. The minimum Gasteiger partial charge on any atom is -0.480 e. The molecule has 0 saturated heterocycles. The molecule has 3 N–H and O–H groups in total. The van der Waals surface area contributed by atoms with Gasteiger partial charge < -0.3 is 25.2 Å². The maximum atomic E-state index is 11.2. The molecule has 0 unspecified atom stereocenters. The van der Waals surface area contributed by atoms with Crippen molar-refractivity contribution in [2.24, 2.45) is 0 Å². The number of carbonyl (C=O) groups is 4. The molecule has 0 aliphatic heterocycles. The lowest BCUT2D eigenvalue weighted by atomic mass is 10.2. The van der Waals surface area contributed by atoms with E-state index in [1.165, 1.54) is 0 Å². The normalized spacial score (nSPS) is 10.3. The van der Waals surface area contributed by atoms with Crippen LogP contribution in [0.5, 0.6) is 0 Å². The summed E-state index contributed by atoms with van der Waals surface area (Å²) in [7, 11) is 0. The van der Waals surface area contributed by atoms with Crippen molar-refractivity contribution in [2.45, 2.75) is 26.4 Å². The summed E-state index contributed by atoms with van der Waals surface area (Å²) in [5, 5.41) is 12.5. The fraction of sp³-hybridized carbons (Fsp3) is 0.636. The van der Waals surface area contributed by atoms with E-state index in [1.54, 1.807) is 20.8 Å². The van der Waals surface area contributed by atoms with Crippen molar-refractivity contribution < 1.29 is 33.8 Å². The number of alkyl carbamates (subject to hydrolysis) is 1. The quantitative estimate of drug-likeness (QED) is 0.549. The first-order valence-corrected chi connectivity index (χ1v) is 5.71. The van der Waals surface area contributed by atoms with Crippen LogP contribution in [0.25, 0.3) is 0 Å². The average Bonchev–Trinajstić information content (AvgIpc) is 2.29. The molecule has 0 aromatic heterocycles. The highest BCUT2D eigenvalue weighted by Crippen LogP contribution is 2.06. The van der Waals surface area contributed by atoms with Crippen LogP contribution in [0.3, 0.4) is 0 Å². The lowest BCUT2D eigenvalue weighted by Crippen LogP contribution is -2.37. The second-order valence-corrected chi connectivity index (χ2v) is 4.69. The van der Waals surface area contributed by atoms with Crippen molar-refractivity contribution in [3.05, 3.63) is 0 Å². The van der Waals surface area contributed by atoms with Crippen molar-refractivity contribution in [1.29, 1.82) is 0 Å². The molecule has 0 radical (unpaired) electrons. The molecule has 0 rings (SSSR count). The Morgan fingerprint density at radius 1 is 1.05 bits per heavy atom. The van der Waals surface area contributed by atoms with Gasteiger partial charge in [-0.25, -0.2) is 4.79 Å². The van der Waals surface area contributed by atoms with Gasteiger partial charge in [0, 0.05) is 0 Å². The highest BCUT2D eigenvalue weighted by Gasteiger charge is 2.17. The molecule has 20 heavy (non-hydrogen) atoms. The molecule has 2 amide bonds. The van der Waals surface area contributed by atoms with E-state index in [4.69, 9.17) is 9.84 Å². The van der Waals surface area contributed by atoms with Gasteiger partial charge in [-0.3, -0.25) is 14.4 Å². The molecule has 0 atom stereocenters. The van der Waals surface area contributed by atoms with E-state index >= 15 is 0 Å². The fourth-order valence-electron chi connectivity index (χ4n) is 0.881. The van der Waals surface area contributed by atoms with Crippen molar-refractivity contribution >= 4 is 23.9 Å². The first-order chi connectivity index (χ1) is 9.10. The highest BCUT2D eigenvalue weighted by molar-refractivity contribution is 5.84. The molecule has 0 heterocycles. The molecule has 0 spiro atoms. The summed E-state index contributed by atoms with van der Waals surface area (Å²) in [6.07, 6.45) is -0.787. The second kappa shape index (κ2) is 7.97. The Kier molecular flexibility index (Phi) is 7.05. The highest BCUT2D eigenvalue weighted by atomic mass is 16.6. The van der Waals surface area contributed by atoms with Gasteiger partial charge in [0.25, 0.3) is 5.91 Å². The van der Waals surface area contributed by atoms with Gasteiger partial charge in [-0.1, -0.05) is 0 Å². The van der Waals surface area contributed by atoms with Gasteiger partial charge in [0.1, 0.15) is 18.7 Å². The van der Waals surface area contributed by atoms with Gasteiger partial charge in [0.05, 0.1) is 0 Å². The third-order valence-electron chi connectivity index (χ3n) is 1.58. The second-order valence-electron chi connectivity index (χ2n) is 4.69. The third kappa shape index (κ3) is 10.8. The van der Waals surface area contributed by atoms with Gasteiger partial charge >= 0.3 is 18.0 Å². The molecule has 0 saturated carbocycles. The van der Waals surface area contributed by atoms with Gasteiger partial charge in [0.15, 0.2) is 6.61 Å². The van der Waals surface area contributed by atoms with Crippen LogP contribution in [0, 0.1) is 0 Å². The molecule has 114 valence electrons. The third-order valence-corrected chi connectivity index (χ3v) is 1.58. The van der Waals surface area contributed by atoms with E-state index in [-0.39, 0.29) is 0 Å². The molecule has 0 aliphatic carbocycles. The number of esters is 1. The number of hydrogen-bond donors (Lipinski definition) is 3. The fourth-order valence-corrected chi connectivity index (χ4v) is 0.881. The Balaban J connectivity index is 3.81. The summed E-state index contributed by atoms with van der Waals surface area (Å²) in [6, 6.07) is 0. The maximum absolute atomic E-state index is 11.2. The maximum Gasteiger partial charge on any atom is 0.408 e. The molecule has 0 aliphatic rings. The molecule has 0 fully saturated rings. The summed E-state index contributed by atoms with van der Waals surface area (Å²) in [5.74, 6) is -2.81. The van der Waals surface area contributed by atoms with E-state index in [2.05, 4.69) is 10.1 Å². The zero-order valence-electron chi connectivity index (χ0n) is 11.5. The number of carbonyl (C=O) groups excluding carboxylic acids is 3. The number of amides is 2. The Bertz CT molecular complexity index is 387. The first-order valence-electron chi connectivity index (χ1n) is 5.71. The van der Waals surface area contributed by atoms with Crippen LogP contribution >= 0.6 is 0 Å². The summed E-state index contributed by atoms with van der Waals surface area (Å²) < 4.78 is 9.38. The first kappa shape index (κ1) is 17.7. The summed E-state index contributed by atoms with van der Waals surface area (Å²) in [4.78, 5) is 43.5. The summed E-state index contributed by atoms with van der Waals surface area (Å²) >= 11 is 0. The Labute approximate surface area is 115 Å². The van der Waals surface area contributed by atoms with E-state index < -0.39 is 49.2 Å². The number of ether oxygens (including phenoxy) is 2. The van der Waals surface area contributed by atoms with Gasteiger partial charge in [-0.15, -0.1) is 0 Å². The predicted molar refractivity (Wildman–Crippen MR) is 65.8 cm³/mol. The number of carboxylic acid groups (broad SMARTS) is 1. The zero-order valence-corrected chi connectivity index (χ0v) is 11.5.